The third-order valence-corrected chi connectivity index (χ3v) is 4.18. The predicted molar refractivity (Wildman–Crippen MR) is 81.0 cm³/mol. The first-order valence-corrected chi connectivity index (χ1v) is 7.50. The second kappa shape index (κ2) is 5.57. The van der Waals surface area contributed by atoms with Crippen LogP contribution >= 0.6 is 0 Å². The largest absolute Gasteiger partial charge is 0.463 e. The maximum atomic E-state index is 12.4. The van der Waals surface area contributed by atoms with Gasteiger partial charge >= 0.3 is 5.97 Å². The average Bonchev–Trinajstić information content (AvgIpc) is 2.95. The molecule has 1 aliphatic heterocycles. The van der Waals surface area contributed by atoms with Gasteiger partial charge in [-0.1, -0.05) is 24.3 Å². The standard InChI is InChI=1S/C17H19NO4/c1-3-21-16(20)17(15(19)18-2)10-13-12-7-5-4-6-11(12)8-9-14(13)22-17/h4-7,10,14H,3,8-9H2,1-2H3,(H,18,19)/t14-,17+/m1/s1. The Bertz CT molecular complexity index is 652. The van der Waals surface area contributed by atoms with E-state index in [0.717, 1.165) is 24.0 Å². The lowest BCUT2D eigenvalue weighted by atomic mass is 9.85. The lowest BCUT2D eigenvalue weighted by molar-refractivity contribution is -0.172. The summed E-state index contributed by atoms with van der Waals surface area (Å²) in [6, 6.07) is 8.01. The Kier molecular flexibility index (Phi) is 3.74. The summed E-state index contributed by atoms with van der Waals surface area (Å²) in [5, 5.41) is 2.51. The van der Waals surface area contributed by atoms with Crippen molar-refractivity contribution in [3.8, 4) is 0 Å². The molecule has 5 nitrogen and oxygen atoms in total. The van der Waals surface area contributed by atoms with Crippen LogP contribution in [0.4, 0.5) is 0 Å². The summed E-state index contributed by atoms with van der Waals surface area (Å²) in [6.45, 7) is 1.91. The van der Waals surface area contributed by atoms with Gasteiger partial charge in [0.05, 0.1) is 12.7 Å². The number of esters is 1. The molecule has 1 amide bonds. The van der Waals surface area contributed by atoms with Crippen LogP contribution < -0.4 is 5.32 Å². The zero-order valence-corrected chi connectivity index (χ0v) is 12.7. The van der Waals surface area contributed by atoms with Crippen LogP contribution in [0.2, 0.25) is 0 Å². The Morgan fingerprint density at radius 1 is 1.41 bits per heavy atom. The van der Waals surface area contributed by atoms with E-state index in [1.807, 2.05) is 18.2 Å². The van der Waals surface area contributed by atoms with E-state index in [4.69, 9.17) is 9.47 Å². The van der Waals surface area contributed by atoms with E-state index in [1.54, 1.807) is 13.0 Å². The van der Waals surface area contributed by atoms with E-state index < -0.39 is 17.5 Å². The van der Waals surface area contributed by atoms with Crippen LogP contribution in [0.3, 0.4) is 0 Å². The third-order valence-electron chi connectivity index (χ3n) is 4.18. The van der Waals surface area contributed by atoms with Gasteiger partial charge in [0.15, 0.2) is 0 Å². The molecule has 2 atom stereocenters. The van der Waals surface area contributed by atoms with Gasteiger partial charge in [0.1, 0.15) is 0 Å². The molecule has 1 N–H and O–H groups in total. The van der Waals surface area contributed by atoms with Crippen LogP contribution in [0.15, 0.2) is 30.3 Å². The minimum Gasteiger partial charge on any atom is -0.463 e. The summed E-state index contributed by atoms with van der Waals surface area (Å²) in [7, 11) is 1.49. The fraction of sp³-hybridized carbons (Fsp3) is 0.412. The van der Waals surface area contributed by atoms with Gasteiger partial charge in [0.25, 0.3) is 11.5 Å². The Morgan fingerprint density at radius 2 is 2.18 bits per heavy atom. The van der Waals surface area contributed by atoms with Crippen molar-refractivity contribution in [3.63, 3.8) is 0 Å². The van der Waals surface area contributed by atoms with Gasteiger partial charge in [-0.3, -0.25) is 4.79 Å². The molecule has 0 spiro atoms. The minimum absolute atomic E-state index is 0.200. The van der Waals surface area contributed by atoms with Crippen molar-refractivity contribution in [1.29, 1.82) is 0 Å². The normalized spacial score (nSPS) is 25.7. The third kappa shape index (κ3) is 2.13. The number of hydrogen-bond acceptors (Lipinski definition) is 4. The molecule has 0 aromatic heterocycles. The van der Waals surface area contributed by atoms with E-state index in [1.165, 1.54) is 12.6 Å². The Labute approximate surface area is 129 Å². The molecule has 2 aliphatic rings. The summed E-state index contributed by atoms with van der Waals surface area (Å²) in [5.41, 5.74) is 1.49. The lowest BCUT2D eigenvalue weighted by Crippen LogP contribution is -2.52. The van der Waals surface area contributed by atoms with Gasteiger partial charge < -0.3 is 14.8 Å². The highest BCUT2D eigenvalue weighted by molar-refractivity contribution is 6.11. The highest BCUT2D eigenvalue weighted by atomic mass is 16.6. The SMILES string of the molecule is CCOC(=O)[C@@]1(C(=O)NC)C=C2c3ccccc3CC[C@H]2O1. The molecule has 0 radical (unpaired) electrons. The topological polar surface area (TPSA) is 64.6 Å². The molecule has 5 heteroatoms. The molecule has 1 aromatic rings. The number of amides is 1. The molecule has 0 saturated heterocycles. The number of benzene rings is 1. The molecule has 0 saturated carbocycles. The van der Waals surface area contributed by atoms with Gasteiger partial charge in [-0.05, 0) is 42.5 Å². The Morgan fingerprint density at radius 3 is 2.91 bits per heavy atom. The molecule has 1 heterocycles. The van der Waals surface area contributed by atoms with Crippen LogP contribution in [-0.2, 0) is 25.5 Å². The number of hydrogen-bond donors (Lipinski definition) is 1. The van der Waals surface area contributed by atoms with Crippen molar-refractivity contribution in [2.45, 2.75) is 31.5 Å². The highest BCUT2D eigenvalue weighted by Crippen LogP contribution is 2.42. The number of carbonyl (C=O) groups is 2. The highest BCUT2D eigenvalue weighted by Gasteiger charge is 2.54. The van der Waals surface area contributed by atoms with E-state index >= 15 is 0 Å². The first-order chi connectivity index (χ1) is 10.6. The van der Waals surface area contributed by atoms with Crippen molar-refractivity contribution in [3.05, 3.63) is 41.5 Å². The number of fused-ring (bicyclic) bond motifs is 3. The van der Waals surface area contributed by atoms with Crippen LogP contribution in [-0.4, -0.2) is 37.2 Å². The summed E-state index contributed by atoms with van der Waals surface area (Å²) >= 11 is 0. The summed E-state index contributed by atoms with van der Waals surface area (Å²) < 4.78 is 11.0. The molecule has 22 heavy (non-hydrogen) atoms. The Hall–Kier alpha value is -2.14. The lowest BCUT2D eigenvalue weighted by Gasteiger charge is -2.27. The molecule has 3 rings (SSSR count). The van der Waals surface area contributed by atoms with Crippen LogP contribution in [0.1, 0.15) is 24.5 Å². The summed E-state index contributed by atoms with van der Waals surface area (Å²) in [6.07, 6.45) is 3.00. The van der Waals surface area contributed by atoms with Gasteiger partial charge in [-0.25, -0.2) is 4.79 Å². The van der Waals surface area contributed by atoms with Crippen molar-refractivity contribution in [2.75, 3.05) is 13.7 Å². The summed E-state index contributed by atoms with van der Waals surface area (Å²) in [5.74, 6) is -1.15. The fourth-order valence-corrected chi connectivity index (χ4v) is 3.15. The first kappa shape index (κ1) is 14.8. The zero-order valence-electron chi connectivity index (χ0n) is 12.7. The van der Waals surface area contributed by atoms with Gasteiger partial charge in [0, 0.05) is 7.05 Å². The number of rotatable bonds is 3. The zero-order chi connectivity index (χ0) is 15.7. The van der Waals surface area contributed by atoms with Gasteiger partial charge in [0.2, 0.25) is 0 Å². The molecule has 1 aromatic carbocycles. The van der Waals surface area contributed by atoms with E-state index in [0.29, 0.717) is 0 Å². The van der Waals surface area contributed by atoms with Crippen molar-refractivity contribution in [2.24, 2.45) is 0 Å². The van der Waals surface area contributed by atoms with Crippen molar-refractivity contribution < 1.29 is 19.1 Å². The minimum atomic E-state index is -1.68. The van der Waals surface area contributed by atoms with E-state index in [2.05, 4.69) is 11.4 Å². The van der Waals surface area contributed by atoms with Crippen molar-refractivity contribution >= 4 is 17.4 Å². The predicted octanol–water partition coefficient (Wildman–Crippen LogP) is 1.46. The van der Waals surface area contributed by atoms with Crippen LogP contribution in [0, 0.1) is 0 Å². The average molecular weight is 301 g/mol. The molecule has 0 bridgehead atoms. The molecule has 0 unspecified atom stereocenters. The quantitative estimate of drug-likeness (QED) is 0.678. The molecule has 116 valence electrons. The smallest absolute Gasteiger partial charge is 0.352 e. The first-order valence-electron chi connectivity index (χ1n) is 7.50. The van der Waals surface area contributed by atoms with E-state index in [-0.39, 0.29) is 12.7 Å². The Balaban J connectivity index is 2.07. The monoisotopic (exact) mass is 301 g/mol. The maximum absolute atomic E-state index is 12.4. The number of aryl methyl sites for hydroxylation is 1. The van der Waals surface area contributed by atoms with Crippen LogP contribution in [0.25, 0.3) is 5.57 Å². The molecular weight excluding hydrogens is 282 g/mol. The van der Waals surface area contributed by atoms with Gasteiger partial charge in [-0.2, -0.15) is 0 Å². The van der Waals surface area contributed by atoms with Crippen LogP contribution in [0.5, 0.6) is 0 Å². The maximum Gasteiger partial charge on any atom is 0.352 e. The molecule has 0 fully saturated rings. The number of nitrogens with one attached hydrogen (secondary N) is 1. The second-order valence-corrected chi connectivity index (χ2v) is 5.44. The number of carbonyl (C=O) groups excluding carboxylic acids is 2. The van der Waals surface area contributed by atoms with Gasteiger partial charge in [-0.15, -0.1) is 0 Å². The van der Waals surface area contributed by atoms with Crippen molar-refractivity contribution in [1.82, 2.24) is 5.32 Å². The molecular formula is C17H19NO4. The number of likely N-dealkylation sites (N-methyl/N-ethyl adjacent to an activating group) is 1. The fourth-order valence-electron chi connectivity index (χ4n) is 3.15. The van der Waals surface area contributed by atoms with E-state index in [9.17, 15) is 9.59 Å². The molecule has 1 aliphatic carbocycles. The second-order valence-electron chi connectivity index (χ2n) is 5.44. The number of ether oxygens (including phenoxy) is 2. The summed E-state index contributed by atoms with van der Waals surface area (Å²) in [4.78, 5) is 24.7.